The number of anilines is 2. The molecule has 1 unspecified atom stereocenters. The number of rotatable bonds is 6. The number of halogens is 1. The van der Waals surface area contributed by atoms with Crippen LogP contribution in [0.2, 0.25) is 5.15 Å². The summed E-state index contributed by atoms with van der Waals surface area (Å²) in [5.41, 5.74) is 1.93. The summed E-state index contributed by atoms with van der Waals surface area (Å²) in [6, 6.07) is 6.41. The Hall–Kier alpha value is -2.12. The lowest BCUT2D eigenvalue weighted by molar-refractivity contribution is 0.344. The van der Waals surface area contributed by atoms with Crippen molar-refractivity contribution in [2.75, 3.05) is 22.4 Å². The SMILES string of the molecule is C/C=S(\CC1CCC(N(C)c2ncnc3[nH]ccc23)CC1)Nc1ccc(Cl)nc1. The molecule has 0 radical (unpaired) electrons. The standard InChI is InChI=1S/C21H27ClN6S/c1-3-29(27-16-6-9-19(22)24-12-16)13-15-4-7-17(8-5-15)28(2)21-18-10-11-23-20(18)25-14-26-21/h3,6,9-12,14-15,17,27H,4-5,7-8,13H2,1-2H3,(H,23,25,26). The number of nitrogens with one attached hydrogen (secondary N) is 2. The van der Waals surface area contributed by atoms with Gasteiger partial charge in [-0.1, -0.05) is 11.6 Å². The maximum atomic E-state index is 5.89. The Kier molecular flexibility index (Phi) is 6.35. The molecular weight excluding hydrogens is 404 g/mol. The highest BCUT2D eigenvalue weighted by atomic mass is 35.5. The Morgan fingerprint density at radius 2 is 2.03 bits per heavy atom. The summed E-state index contributed by atoms with van der Waals surface area (Å²) >= 11 is 5.89. The fraction of sp³-hybridized carbons (Fsp3) is 0.429. The summed E-state index contributed by atoms with van der Waals surface area (Å²) in [5, 5.41) is 3.90. The van der Waals surface area contributed by atoms with Crippen molar-refractivity contribution in [2.45, 2.75) is 38.6 Å². The summed E-state index contributed by atoms with van der Waals surface area (Å²) in [6.45, 7) is 2.14. The Bertz CT molecular complexity index is 978. The fourth-order valence-corrected chi connectivity index (χ4v) is 5.82. The second-order valence-corrected chi connectivity index (χ2v) is 9.78. The van der Waals surface area contributed by atoms with Gasteiger partial charge in [0, 0.05) is 25.0 Å². The van der Waals surface area contributed by atoms with E-state index in [-0.39, 0.29) is 10.7 Å². The minimum atomic E-state index is 0.0459. The summed E-state index contributed by atoms with van der Waals surface area (Å²) in [5.74, 6) is 2.94. The average molecular weight is 431 g/mol. The Balaban J connectivity index is 1.34. The van der Waals surface area contributed by atoms with Crippen LogP contribution >= 0.6 is 22.3 Å². The Labute approximate surface area is 179 Å². The van der Waals surface area contributed by atoms with E-state index in [1.165, 1.54) is 31.4 Å². The maximum Gasteiger partial charge on any atom is 0.142 e. The third kappa shape index (κ3) is 4.73. The van der Waals surface area contributed by atoms with Crippen LogP contribution in [-0.4, -0.2) is 44.1 Å². The highest BCUT2D eigenvalue weighted by Gasteiger charge is 2.26. The second kappa shape index (κ2) is 9.13. The van der Waals surface area contributed by atoms with Gasteiger partial charge in [0.1, 0.15) is 22.9 Å². The van der Waals surface area contributed by atoms with Gasteiger partial charge in [0.25, 0.3) is 0 Å². The lowest BCUT2D eigenvalue weighted by Gasteiger charge is -2.36. The van der Waals surface area contributed by atoms with E-state index in [1.54, 1.807) is 12.5 Å². The molecule has 1 aliphatic carbocycles. The van der Waals surface area contributed by atoms with Crippen LogP contribution in [0.25, 0.3) is 11.0 Å². The van der Waals surface area contributed by atoms with E-state index in [0.717, 1.165) is 28.5 Å². The Morgan fingerprint density at radius 3 is 2.76 bits per heavy atom. The zero-order chi connectivity index (χ0) is 20.2. The monoisotopic (exact) mass is 430 g/mol. The molecule has 3 aromatic heterocycles. The largest absolute Gasteiger partial charge is 0.356 e. The van der Waals surface area contributed by atoms with Crippen LogP contribution in [0.4, 0.5) is 11.5 Å². The van der Waals surface area contributed by atoms with Gasteiger partial charge >= 0.3 is 0 Å². The van der Waals surface area contributed by atoms with Gasteiger partial charge in [-0.25, -0.2) is 15.0 Å². The number of hydrogen-bond acceptors (Lipinski definition) is 5. The van der Waals surface area contributed by atoms with Crippen LogP contribution in [0.3, 0.4) is 0 Å². The summed E-state index contributed by atoms with van der Waals surface area (Å²) in [7, 11) is 2.21. The molecule has 8 heteroatoms. The Morgan fingerprint density at radius 1 is 1.21 bits per heavy atom. The molecule has 29 heavy (non-hydrogen) atoms. The lowest BCUT2D eigenvalue weighted by atomic mass is 9.86. The summed E-state index contributed by atoms with van der Waals surface area (Å²) < 4.78 is 3.60. The van der Waals surface area contributed by atoms with Gasteiger partial charge in [0.2, 0.25) is 0 Å². The van der Waals surface area contributed by atoms with Gasteiger partial charge in [-0.05, 0) is 62.1 Å². The molecule has 3 aromatic rings. The normalized spacial score (nSPS) is 20.7. The zero-order valence-corrected chi connectivity index (χ0v) is 18.4. The van der Waals surface area contributed by atoms with Crippen molar-refractivity contribution in [1.82, 2.24) is 19.9 Å². The third-order valence-electron chi connectivity index (χ3n) is 5.71. The van der Waals surface area contributed by atoms with E-state index in [1.807, 2.05) is 18.3 Å². The van der Waals surface area contributed by atoms with Crippen LogP contribution in [0.1, 0.15) is 32.6 Å². The van der Waals surface area contributed by atoms with E-state index < -0.39 is 0 Å². The number of pyridine rings is 1. The molecule has 0 amide bonds. The predicted octanol–water partition coefficient (Wildman–Crippen LogP) is 5.12. The van der Waals surface area contributed by atoms with E-state index in [0.29, 0.717) is 11.2 Å². The molecule has 3 heterocycles. The smallest absolute Gasteiger partial charge is 0.142 e. The van der Waals surface area contributed by atoms with Crippen LogP contribution in [0, 0.1) is 5.92 Å². The number of hydrogen-bond donors (Lipinski definition) is 2. The molecule has 1 atom stereocenters. The predicted molar refractivity (Wildman–Crippen MR) is 125 cm³/mol. The molecule has 1 saturated carbocycles. The number of H-pyrrole nitrogens is 1. The molecule has 4 rings (SSSR count). The van der Waals surface area contributed by atoms with Crippen LogP contribution in [-0.2, 0) is 0 Å². The highest BCUT2D eigenvalue weighted by molar-refractivity contribution is 8.16. The minimum absolute atomic E-state index is 0.0459. The van der Waals surface area contributed by atoms with Gasteiger partial charge in [0.05, 0.1) is 17.3 Å². The third-order valence-corrected chi connectivity index (χ3v) is 7.83. The van der Waals surface area contributed by atoms with Crippen molar-refractivity contribution in [3.05, 3.63) is 42.1 Å². The van der Waals surface area contributed by atoms with Crippen LogP contribution in [0.15, 0.2) is 36.9 Å². The van der Waals surface area contributed by atoms with Crippen molar-refractivity contribution in [2.24, 2.45) is 5.92 Å². The molecule has 1 aliphatic rings. The molecule has 0 aromatic carbocycles. The van der Waals surface area contributed by atoms with Gasteiger partial charge in [-0.15, -0.1) is 10.7 Å². The zero-order valence-electron chi connectivity index (χ0n) is 16.8. The fourth-order valence-electron chi connectivity index (χ4n) is 4.05. The number of aromatic nitrogens is 4. The van der Waals surface area contributed by atoms with E-state index in [4.69, 9.17) is 11.6 Å². The molecule has 6 nitrogen and oxygen atoms in total. The molecule has 1 fully saturated rings. The quantitative estimate of drug-likeness (QED) is 0.419. The minimum Gasteiger partial charge on any atom is -0.356 e. The maximum absolute atomic E-state index is 5.89. The first-order chi connectivity index (χ1) is 14.1. The molecule has 2 N–H and O–H groups in total. The second-order valence-electron chi connectivity index (χ2n) is 7.53. The average Bonchev–Trinajstić information content (AvgIpc) is 3.24. The number of nitrogens with zero attached hydrogens (tertiary/aromatic N) is 4. The van der Waals surface area contributed by atoms with Crippen molar-refractivity contribution in [1.29, 1.82) is 0 Å². The topological polar surface area (TPSA) is 69.7 Å². The van der Waals surface area contributed by atoms with E-state index >= 15 is 0 Å². The molecule has 0 bridgehead atoms. The highest BCUT2D eigenvalue weighted by Crippen LogP contribution is 2.34. The summed E-state index contributed by atoms with van der Waals surface area (Å²) in [6.07, 6.45) is 10.3. The van der Waals surface area contributed by atoms with Gasteiger partial charge in [-0.2, -0.15) is 0 Å². The first-order valence-corrected chi connectivity index (χ1v) is 11.9. The molecule has 0 saturated heterocycles. The molecule has 154 valence electrons. The first kappa shape index (κ1) is 20.2. The molecule has 0 spiro atoms. The number of aromatic amines is 1. The van der Waals surface area contributed by atoms with Gasteiger partial charge in [-0.3, -0.25) is 0 Å². The molecular formula is C21H27ClN6S. The lowest BCUT2D eigenvalue weighted by Crippen LogP contribution is -2.36. The van der Waals surface area contributed by atoms with Gasteiger partial charge < -0.3 is 14.6 Å². The van der Waals surface area contributed by atoms with Crippen molar-refractivity contribution >= 4 is 50.2 Å². The van der Waals surface area contributed by atoms with E-state index in [2.05, 4.69) is 55.0 Å². The van der Waals surface area contributed by atoms with Crippen LogP contribution in [0.5, 0.6) is 0 Å². The van der Waals surface area contributed by atoms with Crippen molar-refractivity contribution in [3.63, 3.8) is 0 Å². The van der Waals surface area contributed by atoms with Crippen molar-refractivity contribution in [3.8, 4) is 0 Å². The number of fused-ring (bicyclic) bond motifs is 1. The summed E-state index contributed by atoms with van der Waals surface area (Å²) in [4.78, 5) is 18.5. The molecule has 0 aliphatic heterocycles. The van der Waals surface area contributed by atoms with Gasteiger partial charge in [0.15, 0.2) is 0 Å². The van der Waals surface area contributed by atoms with Crippen molar-refractivity contribution < 1.29 is 0 Å². The first-order valence-electron chi connectivity index (χ1n) is 10.0. The van der Waals surface area contributed by atoms with E-state index in [9.17, 15) is 0 Å². The van der Waals surface area contributed by atoms with Crippen LogP contribution < -0.4 is 9.62 Å².